The van der Waals surface area contributed by atoms with Crippen LogP contribution < -0.4 is 0 Å². The molecule has 3 aliphatic rings. The summed E-state index contributed by atoms with van der Waals surface area (Å²) in [6, 6.07) is 17.0. The summed E-state index contributed by atoms with van der Waals surface area (Å²) in [6.45, 7) is 8.15. The smallest absolute Gasteiger partial charge is 0.335 e. The van der Waals surface area contributed by atoms with Gasteiger partial charge in [0.2, 0.25) is 11.8 Å². The number of hydrogen-bond donors (Lipinski definition) is 2. The number of fused-ring (bicyclic) bond motifs is 1. The molecule has 2 heterocycles. The number of carboxylic acids is 1. The minimum Gasteiger partial charge on any atom is -0.478 e. The third-order valence-electron chi connectivity index (χ3n) is 9.38. The van der Waals surface area contributed by atoms with Crippen LogP contribution in [-0.4, -0.2) is 70.6 Å². The number of aromatic carboxylic acids is 1. The fraction of sp³-hybridized carbons (Fsp3) is 0.424. The molecule has 0 spiro atoms. The molecule has 0 radical (unpaired) electrons. The van der Waals surface area contributed by atoms with E-state index in [-0.39, 0.29) is 28.2 Å². The van der Waals surface area contributed by atoms with Crippen molar-refractivity contribution < 1.29 is 24.6 Å². The van der Waals surface area contributed by atoms with Gasteiger partial charge in [0.05, 0.1) is 11.0 Å². The maximum atomic E-state index is 14.5. The minimum atomic E-state index is -0.935. The highest BCUT2D eigenvalue weighted by Gasteiger charge is 2.50. The number of rotatable bonds is 5. The summed E-state index contributed by atoms with van der Waals surface area (Å²) in [5, 5.41) is 18.6. The Bertz CT molecular complexity index is 1370. The molecule has 7 nitrogen and oxygen atoms in total. The third-order valence-corrected chi connectivity index (χ3v) is 9.38. The molecule has 0 aromatic heterocycles. The summed E-state index contributed by atoms with van der Waals surface area (Å²) in [6.07, 6.45) is 6.30. The Kier molecular flexibility index (Phi) is 7.21. The van der Waals surface area contributed by atoms with Crippen molar-refractivity contribution in [1.29, 1.82) is 0 Å². The number of piperidine rings is 1. The number of aliphatic hydroxyl groups is 1. The SMILES string of the molecule is CC1(C)C(c2ccc(C(=O)O)cc2)=CC[C@]2(C)CN(C(=O)C3(c4ccccc4)CCN(C(=O)CO)CC3)CC=C12. The average molecular weight is 543 g/mol. The molecule has 1 aliphatic carbocycles. The molecule has 1 saturated heterocycles. The van der Waals surface area contributed by atoms with Gasteiger partial charge in [-0.25, -0.2) is 4.79 Å². The third kappa shape index (κ3) is 4.66. The normalized spacial score (nSPS) is 23.5. The minimum absolute atomic E-state index is 0.100. The highest BCUT2D eigenvalue weighted by molar-refractivity contribution is 5.90. The summed E-state index contributed by atoms with van der Waals surface area (Å²) in [5.41, 5.74) is 3.53. The average Bonchev–Trinajstić information content (AvgIpc) is 2.96. The quantitative estimate of drug-likeness (QED) is 0.542. The Morgan fingerprint density at radius 3 is 2.12 bits per heavy atom. The van der Waals surface area contributed by atoms with Crippen LogP contribution in [0.15, 0.2) is 72.3 Å². The van der Waals surface area contributed by atoms with Crippen molar-refractivity contribution in [2.45, 2.75) is 45.4 Å². The number of carboxylic acid groups (broad SMARTS) is 1. The number of carbonyl (C=O) groups is 3. The number of hydrogen-bond acceptors (Lipinski definition) is 4. The second-order valence-corrected chi connectivity index (χ2v) is 12.2. The van der Waals surface area contributed by atoms with Gasteiger partial charge in [-0.15, -0.1) is 0 Å². The van der Waals surface area contributed by atoms with Crippen molar-refractivity contribution in [3.63, 3.8) is 0 Å². The molecule has 40 heavy (non-hydrogen) atoms. The Balaban J connectivity index is 1.43. The zero-order valence-corrected chi connectivity index (χ0v) is 23.5. The van der Waals surface area contributed by atoms with E-state index in [1.54, 1.807) is 17.0 Å². The maximum absolute atomic E-state index is 14.5. The van der Waals surface area contributed by atoms with Crippen molar-refractivity contribution in [3.8, 4) is 0 Å². The van der Waals surface area contributed by atoms with Crippen LogP contribution in [0.2, 0.25) is 0 Å². The zero-order chi connectivity index (χ0) is 28.7. The standard InChI is InChI=1S/C33H38N2O5/c1-31(2)26(23-9-11-24(12-10-23)29(38)39)13-15-32(3)22-35(18-14-27(31)32)30(40)33(25-7-5-4-6-8-25)16-19-34(20-17-33)28(37)21-36/h4-14,36H,15-22H2,1-3H3,(H,38,39)/t32-/m1/s1. The molecule has 7 heteroatoms. The summed E-state index contributed by atoms with van der Waals surface area (Å²) < 4.78 is 0. The Hall–Kier alpha value is -3.71. The van der Waals surface area contributed by atoms with Crippen LogP contribution in [0.3, 0.4) is 0 Å². The molecular weight excluding hydrogens is 504 g/mol. The second-order valence-electron chi connectivity index (χ2n) is 12.2. The van der Waals surface area contributed by atoms with E-state index in [9.17, 15) is 24.6 Å². The Morgan fingerprint density at radius 2 is 1.52 bits per heavy atom. The molecule has 0 saturated carbocycles. The summed E-state index contributed by atoms with van der Waals surface area (Å²) in [5.74, 6) is -1.13. The van der Waals surface area contributed by atoms with Crippen LogP contribution in [0, 0.1) is 10.8 Å². The van der Waals surface area contributed by atoms with Crippen molar-refractivity contribution in [2.24, 2.45) is 10.8 Å². The number of carbonyl (C=O) groups excluding carboxylic acids is 2. The Labute approximate surface area is 235 Å². The fourth-order valence-electron chi connectivity index (χ4n) is 7.28. The first kappa shape index (κ1) is 27.8. The van der Waals surface area contributed by atoms with Gasteiger partial charge < -0.3 is 20.0 Å². The Morgan fingerprint density at radius 1 is 0.875 bits per heavy atom. The molecule has 210 valence electrons. The van der Waals surface area contributed by atoms with Crippen LogP contribution in [-0.2, 0) is 15.0 Å². The van der Waals surface area contributed by atoms with Crippen LogP contribution in [0.1, 0.15) is 61.5 Å². The molecule has 2 aromatic carbocycles. The second kappa shape index (κ2) is 10.4. The van der Waals surface area contributed by atoms with E-state index in [0.29, 0.717) is 39.0 Å². The molecule has 2 aliphatic heterocycles. The number of benzene rings is 2. The van der Waals surface area contributed by atoms with Crippen molar-refractivity contribution in [2.75, 3.05) is 32.8 Å². The number of likely N-dealkylation sites (tertiary alicyclic amines) is 1. The van der Waals surface area contributed by atoms with Crippen LogP contribution >= 0.6 is 0 Å². The van der Waals surface area contributed by atoms with Crippen LogP contribution in [0.4, 0.5) is 0 Å². The summed E-state index contributed by atoms with van der Waals surface area (Å²) in [7, 11) is 0. The van der Waals surface area contributed by atoms with E-state index >= 15 is 0 Å². The molecule has 2 N–H and O–H groups in total. The number of nitrogens with zero attached hydrogens (tertiary/aromatic N) is 2. The lowest BCUT2D eigenvalue weighted by atomic mass is 9.58. The van der Waals surface area contributed by atoms with Gasteiger partial charge in [0, 0.05) is 37.0 Å². The fourth-order valence-corrected chi connectivity index (χ4v) is 7.28. The van der Waals surface area contributed by atoms with Crippen molar-refractivity contribution >= 4 is 23.4 Å². The molecule has 1 fully saturated rings. The van der Waals surface area contributed by atoms with Gasteiger partial charge in [-0.05, 0) is 48.1 Å². The van der Waals surface area contributed by atoms with Gasteiger partial charge in [-0.2, -0.15) is 0 Å². The van der Waals surface area contributed by atoms with E-state index in [1.165, 1.54) is 11.1 Å². The predicted molar refractivity (Wildman–Crippen MR) is 154 cm³/mol. The monoisotopic (exact) mass is 542 g/mol. The first-order valence-electron chi connectivity index (χ1n) is 14.0. The number of aliphatic hydroxyl groups excluding tert-OH is 1. The largest absolute Gasteiger partial charge is 0.478 e. The van der Waals surface area contributed by atoms with Gasteiger partial charge in [-0.1, -0.05) is 81.0 Å². The zero-order valence-electron chi connectivity index (χ0n) is 23.5. The highest BCUT2D eigenvalue weighted by Crippen LogP contribution is 2.55. The molecule has 2 amide bonds. The lowest BCUT2D eigenvalue weighted by Crippen LogP contribution is -2.57. The predicted octanol–water partition coefficient (Wildman–Crippen LogP) is 4.53. The highest BCUT2D eigenvalue weighted by atomic mass is 16.4. The number of amides is 2. The maximum Gasteiger partial charge on any atom is 0.335 e. The van der Waals surface area contributed by atoms with Gasteiger partial charge in [0.1, 0.15) is 6.61 Å². The first-order chi connectivity index (χ1) is 19.0. The van der Waals surface area contributed by atoms with Gasteiger partial charge >= 0.3 is 5.97 Å². The summed E-state index contributed by atoms with van der Waals surface area (Å²) in [4.78, 5) is 41.6. The lowest BCUT2D eigenvalue weighted by Gasteiger charge is -2.52. The van der Waals surface area contributed by atoms with E-state index < -0.39 is 18.0 Å². The van der Waals surface area contributed by atoms with Gasteiger partial charge in [-0.3, -0.25) is 9.59 Å². The molecular formula is C33H38N2O5. The van der Waals surface area contributed by atoms with Crippen LogP contribution in [0.5, 0.6) is 0 Å². The molecule has 0 unspecified atom stereocenters. The molecule has 2 aromatic rings. The first-order valence-corrected chi connectivity index (χ1v) is 14.0. The summed E-state index contributed by atoms with van der Waals surface area (Å²) >= 11 is 0. The van der Waals surface area contributed by atoms with Crippen molar-refractivity contribution in [3.05, 3.63) is 89.0 Å². The van der Waals surface area contributed by atoms with Gasteiger partial charge in [0.15, 0.2) is 0 Å². The molecule has 1 atom stereocenters. The van der Waals surface area contributed by atoms with E-state index in [2.05, 4.69) is 32.9 Å². The van der Waals surface area contributed by atoms with Crippen molar-refractivity contribution in [1.82, 2.24) is 9.80 Å². The number of allylic oxidation sites excluding steroid dienone is 2. The lowest BCUT2D eigenvalue weighted by molar-refractivity contribution is -0.144. The van der Waals surface area contributed by atoms with Gasteiger partial charge in [0.25, 0.3) is 0 Å². The van der Waals surface area contributed by atoms with E-state index in [1.807, 2.05) is 47.4 Å². The topological polar surface area (TPSA) is 98.2 Å². The van der Waals surface area contributed by atoms with E-state index in [0.717, 1.165) is 17.5 Å². The molecule has 5 rings (SSSR count). The van der Waals surface area contributed by atoms with Crippen LogP contribution in [0.25, 0.3) is 5.57 Å². The van der Waals surface area contributed by atoms with E-state index in [4.69, 9.17) is 0 Å². The molecule has 0 bridgehead atoms.